The van der Waals surface area contributed by atoms with Crippen molar-refractivity contribution in [3.63, 3.8) is 0 Å². The van der Waals surface area contributed by atoms with Crippen LogP contribution in [0.5, 0.6) is 0 Å². The Hall–Kier alpha value is -3.21. The number of pyridine rings is 1. The Bertz CT molecular complexity index is 941. The third kappa shape index (κ3) is 3.72. The van der Waals surface area contributed by atoms with E-state index in [2.05, 4.69) is 10.3 Å². The van der Waals surface area contributed by atoms with Crippen molar-refractivity contribution in [1.29, 1.82) is 0 Å². The molecular weight excluding hydrogens is 326 g/mol. The van der Waals surface area contributed by atoms with E-state index < -0.39 is 0 Å². The molecule has 0 saturated heterocycles. The van der Waals surface area contributed by atoms with Gasteiger partial charge in [0.15, 0.2) is 5.78 Å². The van der Waals surface area contributed by atoms with Gasteiger partial charge in [-0.3, -0.25) is 9.59 Å². The molecule has 5 nitrogen and oxygen atoms in total. The highest BCUT2D eigenvalue weighted by atomic mass is 16.2. The molecule has 0 spiro atoms. The zero-order valence-electron chi connectivity index (χ0n) is 15.1. The Kier molecular flexibility index (Phi) is 4.98. The first-order valence-corrected chi connectivity index (χ1v) is 8.44. The third-order valence-electron chi connectivity index (χ3n) is 4.30. The Balaban J connectivity index is 1.91. The van der Waals surface area contributed by atoms with Gasteiger partial charge in [0.1, 0.15) is 12.4 Å². The second-order valence-electron chi connectivity index (χ2n) is 6.31. The Labute approximate surface area is 152 Å². The van der Waals surface area contributed by atoms with E-state index in [0.29, 0.717) is 11.4 Å². The molecule has 0 saturated carbocycles. The van der Waals surface area contributed by atoms with Gasteiger partial charge in [-0.25, -0.2) is 4.98 Å². The summed E-state index contributed by atoms with van der Waals surface area (Å²) in [6.07, 6.45) is 1.71. The number of nitrogens with one attached hydrogen (secondary N) is 1. The summed E-state index contributed by atoms with van der Waals surface area (Å²) in [6.45, 7) is 5.45. The predicted octanol–water partition coefficient (Wildman–Crippen LogP) is 4.01. The predicted molar refractivity (Wildman–Crippen MR) is 102 cm³/mol. The summed E-state index contributed by atoms with van der Waals surface area (Å²) in [5.41, 5.74) is 4.25. The van der Waals surface area contributed by atoms with Gasteiger partial charge in [0.05, 0.1) is 0 Å². The van der Waals surface area contributed by atoms with Gasteiger partial charge >= 0.3 is 0 Å². The maximum Gasteiger partial charge on any atom is 0.245 e. The molecular formula is C21H21N3O2. The van der Waals surface area contributed by atoms with Crippen LogP contribution in [0.1, 0.15) is 28.5 Å². The number of ketones is 1. The zero-order chi connectivity index (χ0) is 18.7. The molecule has 1 aromatic carbocycles. The van der Waals surface area contributed by atoms with Crippen molar-refractivity contribution in [2.75, 3.05) is 5.32 Å². The topological polar surface area (TPSA) is 64.0 Å². The van der Waals surface area contributed by atoms with Crippen LogP contribution in [-0.2, 0) is 11.3 Å². The highest BCUT2D eigenvalue weighted by molar-refractivity contribution is 5.97. The molecule has 0 atom stereocenters. The Morgan fingerprint density at radius 1 is 1.08 bits per heavy atom. The quantitative estimate of drug-likeness (QED) is 0.709. The van der Waals surface area contributed by atoms with Gasteiger partial charge in [0, 0.05) is 23.1 Å². The number of carbonyl (C=O) groups is 2. The summed E-state index contributed by atoms with van der Waals surface area (Å²) in [5, 5.41) is 2.81. The van der Waals surface area contributed by atoms with Crippen LogP contribution in [0.3, 0.4) is 0 Å². The molecule has 2 heterocycles. The number of nitrogens with zero attached hydrogens (tertiary/aromatic N) is 2. The number of rotatable bonds is 5. The molecule has 132 valence electrons. The minimum absolute atomic E-state index is 0.0148. The van der Waals surface area contributed by atoms with Crippen molar-refractivity contribution in [3.8, 4) is 11.3 Å². The number of hydrogen-bond donors (Lipinski definition) is 1. The van der Waals surface area contributed by atoms with E-state index in [0.717, 1.165) is 22.5 Å². The van der Waals surface area contributed by atoms with Gasteiger partial charge in [-0.1, -0.05) is 36.4 Å². The number of aryl methyl sites for hydroxylation is 1. The normalized spacial score (nSPS) is 10.6. The van der Waals surface area contributed by atoms with Crippen LogP contribution < -0.4 is 5.32 Å². The minimum atomic E-state index is -0.188. The Morgan fingerprint density at radius 2 is 1.81 bits per heavy atom. The molecule has 0 unspecified atom stereocenters. The van der Waals surface area contributed by atoms with Gasteiger partial charge in [-0.2, -0.15) is 0 Å². The molecule has 0 aliphatic carbocycles. The first-order chi connectivity index (χ1) is 12.5. The highest BCUT2D eigenvalue weighted by Gasteiger charge is 2.18. The van der Waals surface area contributed by atoms with E-state index in [1.165, 1.54) is 6.92 Å². The van der Waals surface area contributed by atoms with E-state index in [4.69, 9.17) is 0 Å². The fourth-order valence-corrected chi connectivity index (χ4v) is 2.92. The van der Waals surface area contributed by atoms with Crippen LogP contribution in [0.2, 0.25) is 0 Å². The van der Waals surface area contributed by atoms with E-state index in [9.17, 15) is 9.59 Å². The second kappa shape index (κ2) is 7.35. The number of benzene rings is 1. The van der Waals surface area contributed by atoms with Crippen LogP contribution >= 0.6 is 0 Å². The lowest BCUT2D eigenvalue weighted by Gasteiger charge is -2.12. The molecule has 5 heteroatoms. The Morgan fingerprint density at radius 3 is 2.42 bits per heavy atom. The lowest BCUT2D eigenvalue weighted by molar-refractivity contribution is -0.116. The number of Topliss-reactive ketones (excluding diaryl/α,β-unsaturated/α-hetero) is 1. The molecule has 2 aromatic heterocycles. The van der Waals surface area contributed by atoms with Crippen molar-refractivity contribution >= 4 is 17.5 Å². The van der Waals surface area contributed by atoms with Gasteiger partial charge in [-0.15, -0.1) is 0 Å². The summed E-state index contributed by atoms with van der Waals surface area (Å²) in [4.78, 5) is 28.7. The van der Waals surface area contributed by atoms with Crippen molar-refractivity contribution in [3.05, 3.63) is 71.5 Å². The van der Waals surface area contributed by atoms with E-state index >= 15 is 0 Å². The summed E-state index contributed by atoms with van der Waals surface area (Å²) in [7, 11) is 0. The maximum absolute atomic E-state index is 12.5. The first-order valence-electron chi connectivity index (χ1n) is 8.44. The van der Waals surface area contributed by atoms with Crippen molar-refractivity contribution in [2.45, 2.75) is 27.3 Å². The fourth-order valence-electron chi connectivity index (χ4n) is 2.92. The standard InChI is InChI=1S/C21H21N3O2/c1-14-9-10-20(22-12-14)23-21(26)13-24-15(2)18(16(3)25)11-19(24)17-7-5-4-6-8-17/h4-12H,13H2,1-3H3,(H,22,23,26). The second-order valence-corrected chi connectivity index (χ2v) is 6.31. The van der Waals surface area contributed by atoms with Crippen LogP contribution in [0.25, 0.3) is 11.3 Å². The van der Waals surface area contributed by atoms with E-state index in [-0.39, 0.29) is 18.2 Å². The fraction of sp³-hybridized carbons (Fsp3) is 0.190. The summed E-state index contributed by atoms with van der Waals surface area (Å²) in [5.74, 6) is 0.310. The molecule has 1 N–H and O–H groups in total. The SMILES string of the molecule is CC(=O)c1cc(-c2ccccc2)n(CC(=O)Nc2ccc(C)cn2)c1C. The number of aromatic nitrogens is 2. The van der Waals surface area contributed by atoms with E-state index in [1.807, 2.05) is 60.9 Å². The van der Waals surface area contributed by atoms with Crippen LogP contribution in [0.4, 0.5) is 5.82 Å². The van der Waals surface area contributed by atoms with Gasteiger partial charge in [-0.05, 0) is 44.0 Å². The summed E-state index contributed by atoms with van der Waals surface area (Å²) < 4.78 is 1.87. The average molecular weight is 347 g/mol. The zero-order valence-corrected chi connectivity index (χ0v) is 15.1. The number of amides is 1. The molecule has 26 heavy (non-hydrogen) atoms. The molecule has 0 aliphatic rings. The van der Waals surface area contributed by atoms with Crippen molar-refractivity contribution < 1.29 is 9.59 Å². The summed E-state index contributed by atoms with van der Waals surface area (Å²) in [6, 6.07) is 15.3. The first kappa shape index (κ1) is 17.6. The lowest BCUT2D eigenvalue weighted by Crippen LogP contribution is -2.20. The molecule has 0 aliphatic heterocycles. The van der Waals surface area contributed by atoms with Crippen LogP contribution in [-0.4, -0.2) is 21.2 Å². The molecule has 3 aromatic rings. The number of hydrogen-bond acceptors (Lipinski definition) is 3. The van der Waals surface area contributed by atoms with Gasteiger partial charge in [0.2, 0.25) is 5.91 Å². The molecule has 1 amide bonds. The van der Waals surface area contributed by atoms with Crippen molar-refractivity contribution in [2.24, 2.45) is 0 Å². The van der Waals surface area contributed by atoms with Crippen molar-refractivity contribution in [1.82, 2.24) is 9.55 Å². The molecule has 0 bridgehead atoms. The minimum Gasteiger partial charge on any atom is -0.335 e. The third-order valence-corrected chi connectivity index (χ3v) is 4.30. The summed E-state index contributed by atoms with van der Waals surface area (Å²) >= 11 is 0. The molecule has 0 fully saturated rings. The highest BCUT2D eigenvalue weighted by Crippen LogP contribution is 2.26. The molecule has 3 rings (SSSR count). The van der Waals surface area contributed by atoms with Crippen LogP contribution in [0.15, 0.2) is 54.7 Å². The maximum atomic E-state index is 12.5. The average Bonchev–Trinajstić information content (AvgIpc) is 2.95. The van der Waals surface area contributed by atoms with Gasteiger partial charge in [0.25, 0.3) is 0 Å². The smallest absolute Gasteiger partial charge is 0.245 e. The largest absolute Gasteiger partial charge is 0.335 e. The number of carbonyl (C=O) groups excluding carboxylic acids is 2. The van der Waals surface area contributed by atoms with Crippen LogP contribution in [0, 0.1) is 13.8 Å². The number of anilines is 1. The molecule has 0 radical (unpaired) electrons. The van der Waals surface area contributed by atoms with E-state index in [1.54, 1.807) is 12.3 Å². The van der Waals surface area contributed by atoms with Gasteiger partial charge < -0.3 is 9.88 Å². The monoisotopic (exact) mass is 347 g/mol. The lowest BCUT2D eigenvalue weighted by atomic mass is 10.1.